The Morgan fingerprint density at radius 2 is 1.65 bits per heavy atom. The summed E-state index contributed by atoms with van der Waals surface area (Å²) in [6, 6.07) is 20.4. The first-order valence-corrected chi connectivity index (χ1v) is 12.7. The molecule has 4 rings (SSSR count). The molecule has 192 valence electrons. The molecule has 0 aliphatic carbocycles. The number of ether oxygens (including phenoxy) is 3. The monoisotopic (exact) mass is 519 g/mol. The fourth-order valence-electron chi connectivity index (χ4n) is 3.97. The third kappa shape index (κ3) is 6.18. The number of anilines is 1. The zero-order chi connectivity index (χ0) is 26.2. The minimum Gasteiger partial charge on any atom is -0.497 e. The van der Waals surface area contributed by atoms with Crippen LogP contribution in [-0.2, 0) is 11.3 Å². The van der Waals surface area contributed by atoms with Gasteiger partial charge in [-0.25, -0.2) is 0 Å². The Hall–Kier alpha value is -4.11. The number of methoxy groups -OCH3 is 3. The van der Waals surface area contributed by atoms with Gasteiger partial charge >= 0.3 is 0 Å². The van der Waals surface area contributed by atoms with Crippen molar-refractivity contribution in [3.63, 3.8) is 0 Å². The van der Waals surface area contributed by atoms with E-state index in [1.165, 1.54) is 11.8 Å². The Balaban J connectivity index is 1.41. The van der Waals surface area contributed by atoms with Gasteiger partial charge in [0, 0.05) is 41.2 Å². The van der Waals surface area contributed by atoms with Crippen LogP contribution in [0.2, 0.25) is 0 Å². The third-order valence-corrected chi connectivity index (χ3v) is 6.82. The molecule has 0 aliphatic rings. The maximum absolute atomic E-state index is 12.7. The van der Waals surface area contributed by atoms with Crippen LogP contribution in [0.3, 0.4) is 0 Å². The maximum Gasteiger partial charge on any atom is 0.255 e. The number of rotatable bonds is 11. The van der Waals surface area contributed by atoms with Crippen LogP contribution >= 0.6 is 11.8 Å². The first kappa shape index (κ1) is 26.0. The van der Waals surface area contributed by atoms with E-state index in [1.54, 1.807) is 57.7 Å². The van der Waals surface area contributed by atoms with Crippen LogP contribution in [0.25, 0.3) is 10.9 Å². The number of carbonyl (C=O) groups excluding carboxylic acids is 2. The molecule has 8 nitrogen and oxygen atoms in total. The van der Waals surface area contributed by atoms with Gasteiger partial charge in [-0.1, -0.05) is 30.3 Å². The number of benzene rings is 3. The lowest BCUT2D eigenvalue weighted by Crippen LogP contribution is -2.27. The number of para-hydroxylation sites is 2. The van der Waals surface area contributed by atoms with Gasteiger partial charge in [-0.05, 0) is 30.3 Å². The van der Waals surface area contributed by atoms with E-state index in [0.29, 0.717) is 41.6 Å². The molecule has 0 fully saturated rings. The second-order valence-electron chi connectivity index (χ2n) is 8.06. The molecule has 3 aromatic carbocycles. The topological polar surface area (TPSA) is 90.8 Å². The summed E-state index contributed by atoms with van der Waals surface area (Å²) in [5.74, 6) is 1.61. The van der Waals surface area contributed by atoms with Gasteiger partial charge in [0.2, 0.25) is 5.91 Å². The van der Waals surface area contributed by atoms with Gasteiger partial charge in [-0.3, -0.25) is 9.59 Å². The Kier molecular flexibility index (Phi) is 8.58. The second-order valence-corrected chi connectivity index (χ2v) is 9.08. The number of nitrogens with one attached hydrogen (secondary N) is 2. The highest BCUT2D eigenvalue weighted by Crippen LogP contribution is 2.32. The van der Waals surface area contributed by atoms with Gasteiger partial charge in [0.15, 0.2) is 0 Å². The smallest absolute Gasteiger partial charge is 0.255 e. The normalized spacial score (nSPS) is 10.7. The lowest BCUT2D eigenvalue weighted by Gasteiger charge is -2.11. The highest BCUT2D eigenvalue weighted by Gasteiger charge is 2.14. The summed E-state index contributed by atoms with van der Waals surface area (Å²) in [6.07, 6.45) is 2.02. The Morgan fingerprint density at radius 3 is 2.43 bits per heavy atom. The van der Waals surface area contributed by atoms with Crippen molar-refractivity contribution in [3.05, 3.63) is 78.5 Å². The molecule has 0 spiro atoms. The van der Waals surface area contributed by atoms with Crippen LogP contribution in [0.15, 0.2) is 77.8 Å². The summed E-state index contributed by atoms with van der Waals surface area (Å²) in [6.45, 7) is 1.02. The molecule has 0 aliphatic heterocycles. The van der Waals surface area contributed by atoms with Gasteiger partial charge in [-0.2, -0.15) is 0 Å². The van der Waals surface area contributed by atoms with E-state index < -0.39 is 0 Å². The molecule has 0 atom stereocenters. The predicted molar refractivity (Wildman–Crippen MR) is 146 cm³/mol. The molecule has 1 aromatic heterocycles. The molecule has 0 saturated heterocycles. The minimum atomic E-state index is -0.187. The molecule has 2 amide bonds. The number of aromatic nitrogens is 1. The van der Waals surface area contributed by atoms with Crippen LogP contribution in [0.1, 0.15) is 10.4 Å². The summed E-state index contributed by atoms with van der Waals surface area (Å²) in [4.78, 5) is 26.4. The van der Waals surface area contributed by atoms with Gasteiger partial charge in [0.25, 0.3) is 5.91 Å². The standard InChI is InChI=1S/C28H29N3O5S/c1-34-19-12-13-25(36-3)22(16-19)30-27(32)18-37-26-17-31(23-10-6-4-8-20(23)26)15-14-29-28(33)21-9-5-7-11-24(21)35-2/h4-13,16-17H,14-15,18H2,1-3H3,(H,29,33)(H,30,32). The first-order valence-electron chi connectivity index (χ1n) is 11.7. The van der Waals surface area contributed by atoms with Gasteiger partial charge in [0.05, 0.1) is 38.3 Å². The molecule has 0 saturated carbocycles. The van der Waals surface area contributed by atoms with Crippen LogP contribution in [-0.4, -0.2) is 50.0 Å². The van der Waals surface area contributed by atoms with Crippen molar-refractivity contribution in [3.8, 4) is 17.2 Å². The van der Waals surface area contributed by atoms with Crippen molar-refractivity contribution in [1.29, 1.82) is 0 Å². The molecular formula is C28H29N3O5S. The molecule has 0 bridgehead atoms. The van der Waals surface area contributed by atoms with Gasteiger partial charge in [0.1, 0.15) is 17.2 Å². The molecule has 9 heteroatoms. The number of amides is 2. The summed E-state index contributed by atoms with van der Waals surface area (Å²) in [5.41, 5.74) is 2.09. The van der Waals surface area contributed by atoms with E-state index in [0.717, 1.165) is 15.8 Å². The zero-order valence-corrected chi connectivity index (χ0v) is 21.8. The Labute approximate surface area is 219 Å². The summed E-state index contributed by atoms with van der Waals surface area (Å²) in [7, 11) is 4.67. The molecule has 1 heterocycles. The number of fused-ring (bicyclic) bond motifs is 1. The summed E-state index contributed by atoms with van der Waals surface area (Å²) in [5, 5.41) is 6.92. The number of hydrogen-bond acceptors (Lipinski definition) is 6. The lowest BCUT2D eigenvalue weighted by molar-refractivity contribution is -0.113. The molecule has 4 aromatic rings. The fraction of sp³-hybridized carbons (Fsp3) is 0.214. The van der Waals surface area contributed by atoms with E-state index in [4.69, 9.17) is 14.2 Å². The van der Waals surface area contributed by atoms with E-state index in [-0.39, 0.29) is 17.6 Å². The molecule has 2 N–H and O–H groups in total. The van der Waals surface area contributed by atoms with Crippen LogP contribution < -0.4 is 24.8 Å². The Bertz CT molecular complexity index is 1400. The van der Waals surface area contributed by atoms with Gasteiger partial charge < -0.3 is 29.4 Å². The number of nitrogens with zero attached hydrogens (tertiary/aromatic N) is 1. The van der Waals surface area contributed by atoms with Crippen molar-refractivity contribution in [2.75, 3.05) is 38.9 Å². The van der Waals surface area contributed by atoms with Crippen molar-refractivity contribution in [1.82, 2.24) is 9.88 Å². The molecular weight excluding hydrogens is 490 g/mol. The highest BCUT2D eigenvalue weighted by molar-refractivity contribution is 8.00. The second kappa shape index (κ2) is 12.2. The number of carbonyl (C=O) groups is 2. The van der Waals surface area contributed by atoms with Gasteiger partial charge in [-0.15, -0.1) is 11.8 Å². The van der Waals surface area contributed by atoms with E-state index in [9.17, 15) is 9.59 Å². The zero-order valence-electron chi connectivity index (χ0n) is 20.9. The van der Waals surface area contributed by atoms with E-state index in [1.807, 2.05) is 36.5 Å². The molecule has 0 radical (unpaired) electrons. The fourth-order valence-corrected chi connectivity index (χ4v) is 4.86. The van der Waals surface area contributed by atoms with E-state index >= 15 is 0 Å². The van der Waals surface area contributed by atoms with Crippen LogP contribution in [0.5, 0.6) is 17.2 Å². The highest BCUT2D eigenvalue weighted by atomic mass is 32.2. The SMILES string of the molecule is COc1ccc(OC)c(NC(=O)CSc2cn(CCNC(=O)c3ccccc3OC)c3ccccc23)c1. The minimum absolute atomic E-state index is 0.155. The third-order valence-electron chi connectivity index (χ3n) is 5.78. The van der Waals surface area contributed by atoms with E-state index in [2.05, 4.69) is 15.2 Å². The molecule has 37 heavy (non-hydrogen) atoms. The predicted octanol–water partition coefficient (Wildman–Crippen LogP) is 4.83. The van der Waals surface area contributed by atoms with Crippen molar-refractivity contribution < 1.29 is 23.8 Å². The average Bonchev–Trinajstić information content (AvgIpc) is 3.29. The van der Waals surface area contributed by atoms with Crippen LogP contribution in [0.4, 0.5) is 5.69 Å². The summed E-state index contributed by atoms with van der Waals surface area (Å²) < 4.78 is 18.0. The maximum atomic E-state index is 12.7. The summed E-state index contributed by atoms with van der Waals surface area (Å²) >= 11 is 1.45. The number of thioether (sulfide) groups is 1. The average molecular weight is 520 g/mol. The lowest BCUT2D eigenvalue weighted by atomic mass is 10.2. The Morgan fingerprint density at radius 1 is 0.892 bits per heavy atom. The van der Waals surface area contributed by atoms with Crippen molar-refractivity contribution in [2.45, 2.75) is 11.4 Å². The molecule has 0 unspecified atom stereocenters. The van der Waals surface area contributed by atoms with Crippen molar-refractivity contribution in [2.24, 2.45) is 0 Å². The largest absolute Gasteiger partial charge is 0.497 e. The van der Waals surface area contributed by atoms with Crippen LogP contribution in [0, 0.1) is 0 Å². The first-order chi connectivity index (χ1) is 18.0. The quantitative estimate of drug-likeness (QED) is 0.276. The number of hydrogen-bond donors (Lipinski definition) is 2. The van der Waals surface area contributed by atoms with Crippen molar-refractivity contribution >= 4 is 40.2 Å².